The summed E-state index contributed by atoms with van der Waals surface area (Å²) in [6.45, 7) is 4.49. The van der Waals surface area contributed by atoms with Crippen LogP contribution in [0.4, 0.5) is 10.1 Å². The van der Waals surface area contributed by atoms with E-state index in [-0.39, 0.29) is 23.2 Å². The third kappa shape index (κ3) is 5.97. The molecule has 7 heteroatoms. The summed E-state index contributed by atoms with van der Waals surface area (Å²) >= 11 is 0. The fraction of sp³-hybridized carbons (Fsp3) is 0.300. The quantitative estimate of drug-likeness (QED) is 0.475. The van der Waals surface area contributed by atoms with Crippen molar-refractivity contribution in [3.63, 3.8) is 0 Å². The van der Waals surface area contributed by atoms with Gasteiger partial charge < -0.3 is 10.2 Å². The van der Waals surface area contributed by atoms with Crippen molar-refractivity contribution >= 4 is 11.6 Å². The first-order chi connectivity index (χ1) is 17.9. The third-order valence-electron chi connectivity index (χ3n) is 6.83. The lowest BCUT2D eigenvalue weighted by Crippen LogP contribution is -2.38. The van der Waals surface area contributed by atoms with Crippen molar-refractivity contribution in [2.45, 2.75) is 31.8 Å². The molecule has 2 unspecified atom stereocenters. The number of amides is 1. The van der Waals surface area contributed by atoms with Crippen molar-refractivity contribution in [2.75, 3.05) is 31.6 Å². The molecule has 0 aromatic heterocycles. The maximum absolute atomic E-state index is 14.4. The maximum Gasteiger partial charge on any atom is 0.254 e. The van der Waals surface area contributed by atoms with E-state index in [2.05, 4.69) is 59.4 Å². The lowest BCUT2D eigenvalue weighted by atomic mass is 9.96. The molecule has 1 N–H and O–H groups in total. The number of likely N-dealkylation sites (tertiary alicyclic amines) is 1. The Morgan fingerprint density at radius 1 is 1.05 bits per heavy atom. The molecule has 1 heterocycles. The highest BCUT2D eigenvalue weighted by Gasteiger charge is 2.31. The number of nitrogens with one attached hydrogen (secondary N) is 1. The van der Waals surface area contributed by atoms with Crippen LogP contribution in [0.3, 0.4) is 0 Å². The van der Waals surface area contributed by atoms with E-state index in [0.29, 0.717) is 12.1 Å². The molecule has 0 spiro atoms. The zero-order valence-electron chi connectivity index (χ0n) is 21.1. The molecule has 3 aromatic carbocycles. The molecule has 0 aliphatic carbocycles. The van der Waals surface area contributed by atoms with Crippen LogP contribution in [-0.4, -0.2) is 43.5 Å². The highest BCUT2D eigenvalue weighted by Crippen LogP contribution is 2.33. The van der Waals surface area contributed by atoms with E-state index in [1.807, 2.05) is 30.3 Å². The van der Waals surface area contributed by atoms with E-state index in [1.165, 1.54) is 12.1 Å². The molecule has 3 aromatic rings. The number of nitriles is 2. The minimum absolute atomic E-state index is 0.0492. The first-order valence-corrected chi connectivity index (χ1v) is 12.5. The van der Waals surface area contributed by atoms with Gasteiger partial charge in [-0.3, -0.25) is 9.69 Å². The molecule has 1 aliphatic rings. The smallest absolute Gasteiger partial charge is 0.254 e. The minimum atomic E-state index is -0.699. The van der Waals surface area contributed by atoms with Gasteiger partial charge in [-0.05, 0) is 66.4 Å². The first-order valence-electron chi connectivity index (χ1n) is 12.5. The van der Waals surface area contributed by atoms with Gasteiger partial charge in [-0.2, -0.15) is 10.5 Å². The number of nitrogens with zero attached hydrogens (tertiary/aromatic N) is 4. The molecule has 4 rings (SSSR count). The molecule has 37 heavy (non-hydrogen) atoms. The van der Waals surface area contributed by atoms with E-state index >= 15 is 0 Å². The van der Waals surface area contributed by atoms with E-state index < -0.39 is 11.7 Å². The maximum atomic E-state index is 14.4. The number of anilines is 1. The van der Waals surface area contributed by atoms with Crippen molar-refractivity contribution in [1.29, 1.82) is 10.5 Å². The number of hydrogen-bond acceptors (Lipinski definition) is 5. The monoisotopic (exact) mass is 495 g/mol. The average Bonchev–Trinajstić information content (AvgIpc) is 3.37. The molecule has 0 saturated carbocycles. The van der Waals surface area contributed by atoms with Crippen LogP contribution in [0.5, 0.6) is 0 Å². The van der Waals surface area contributed by atoms with Crippen LogP contribution in [0.2, 0.25) is 0 Å². The topological polar surface area (TPSA) is 83.2 Å². The predicted molar refractivity (Wildman–Crippen MR) is 142 cm³/mol. The molecule has 1 amide bonds. The lowest BCUT2D eigenvalue weighted by Gasteiger charge is -2.29. The molecule has 1 fully saturated rings. The Morgan fingerprint density at radius 3 is 2.27 bits per heavy atom. The Balaban J connectivity index is 1.54. The second kappa shape index (κ2) is 11.7. The summed E-state index contributed by atoms with van der Waals surface area (Å²) in [6.07, 6.45) is 1.80. The van der Waals surface area contributed by atoms with Crippen LogP contribution in [0, 0.1) is 28.5 Å². The van der Waals surface area contributed by atoms with Crippen LogP contribution in [0.15, 0.2) is 66.7 Å². The van der Waals surface area contributed by atoms with Crippen molar-refractivity contribution in [3.05, 3.63) is 100 Å². The van der Waals surface area contributed by atoms with Gasteiger partial charge in [-0.25, -0.2) is 4.39 Å². The van der Waals surface area contributed by atoms with Crippen LogP contribution in [0.1, 0.15) is 58.4 Å². The van der Waals surface area contributed by atoms with E-state index in [1.54, 1.807) is 0 Å². The van der Waals surface area contributed by atoms with Crippen molar-refractivity contribution in [2.24, 2.45) is 0 Å². The minimum Gasteiger partial charge on any atom is -0.375 e. The number of benzene rings is 3. The molecule has 6 nitrogen and oxygen atoms in total. The van der Waals surface area contributed by atoms with Gasteiger partial charge in [0.1, 0.15) is 5.82 Å². The summed E-state index contributed by atoms with van der Waals surface area (Å²) in [5.41, 5.74) is 4.07. The van der Waals surface area contributed by atoms with Gasteiger partial charge in [-0.1, -0.05) is 31.2 Å². The molecule has 0 bridgehead atoms. The number of halogens is 1. The van der Waals surface area contributed by atoms with Crippen LogP contribution in [0.25, 0.3) is 0 Å². The number of rotatable bonds is 8. The number of carbonyl (C=O) groups is 1. The number of carbonyl (C=O) groups excluding carboxylic acids is 1. The molecule has 0 radical (unpaired) electrons. The highest BCUT2D eigenvalue weighted by molar-refractivity contribution is 5.94. The summed E-state index contributed by atoms with van der Waals surface area (Å²) in [5, 5.41) is 21.1. The van der Waals surface area contributed by atoms with E-state index in [4.69, 9.17) is 5.26 Å². The molecule has 2 atom stereocenters. The van der Waals surface area contributed by atoms with Crippen molar-refractivity contribution in [1.82, 2.24) is 10.2 Å². The normalized spacial score (nSPS) is 16.0. The van der Waals surface area contributed by atoms with Crippen LogP contribution >= 0.6 is 0 Å². The predicted octanol–water partition coefficient (Wildman–Crippen LogP) is 5.01. The van der Waals surface area contributed by atoms with Gasteiger partial charge in [0.2, 0.25) is 0 Å². The van der Waals surface area contributed by atoms with Gasteiger partial charge in [-0.15, -0.1) is 0 Å². The summed E-state index contributed by atoms with van der Waals surface area (Å²) in [7, 11) is 2.08. The SMILES string of the molecule is CCCN(C)c1ccc(C(c2ccc(C#N)cc2)N2CCC(NC(=O)c3ccc(C#N)cc3F)C2)cc1. The first kappa shape index (κ1) is 25.9. The second-order valence-electron chi connectivity index (χ2n) is 9.41. The summed E-state index contributed by atoms with van der Waals surface area (Å²) in [4.78, 5) is 17.3. The van der Waals surface area contributed by atoms with Gasteiger partial charge in [0, 0.05) is 38.4 Å². The fourth-order valence-electron chi connectivity index (χ4n) is 4.90. The van der Waals surface area contributed by atoms with Gasteiger partial charge in [0.15, 0.2) is 0 Å². The van der Waals surface area contributed by atoms with E-state index in [0.717, 1.165) is 48.8 Å². The molecule has 1 aliphatic heterocycles. The van der Waals surface area contributed by atoms with Gasteiger partial charge >= 0.3 is 0 Å². The molecule has 188 valence electrons. The zero-order valence-corrected chi connectivity index (χ0v) is 21.1. The van der Waals surface area contributed by atoms with Gasteiger partial charge in [0.25, 0.3) is 5.91 Å². The van der Waals surface area contributed by atoms with Crippen molar-refractivity contribution < 1.29 is 9.18 Å². The summed E-state index contributed by atoms with van der Waals surface area (Å²) in [5.74, 6) is -1.18. The van der Waals surface area contributed by atoms with E-state index in [9.17, 15) is 14.4 Å². The largest absolute Gasteiger partial charge is 0.375 e. The Labute approximate surface area is 217 Å². The molecular weight excluding hydrogens is 465 g/mol. The Hall–Kier alpha value is -4.20. The standard InChI is InChI=1S/C30H30FN5O/c1-3-15-35(2)26-11-9-24(10-12-26)29(23-7-4-21(18-32)5-8-23)36-16-14-25(20-36)34-30(37)27-13-6-22(19-33)17-28(27)31/h4-13,17,25,29H,3,14-16,20H2,1-2H3,(H,34,37). The van der Waals surface area contributed by atoms with Crippen molar-refractivity contribution in [3.8, 4) is 12.1 Å². The number of hydrogen-bond donors (Lipinski definition) is 1. The summed E-state index contributed by atoms with van der Waals surface area (Å²) in [6, 6.07) is 23.9. The van der Waals surface area contributed by atoms with Crippen LogP contribution < -0.4 is 10.2 Å². The fourth-order valence-corrected chi connectivity index (χ4v) is 4.90. The Bertz CT molecular complexity index is 1320. The summed E-state index contributed by atoms with van der Waals surface area (Å²) < 4.78 is 14.4. The molecular formula is C30H30FN5O. The average molecular weight is 496 g/mol. The lowest BCUT2D eigenvalue weighted by molar-refractivity contribution is 0.0933. The van der Waals surface area contributed by atoms with Crippen LogP contribution in [-0.2, 0) is 0 Å². The van der Waals surface area contributed by atoms with Gasteiger partial charge in [0.05, 0.1) is 34.9 Å². The Morgan fingerprint density at radius 2 is 1.68 bits per heavy atom. The third-order valence-corrected chi connectivity index (χ3v) is 6.83. The zero-order chi connectivity index (χ0) is 26.4. The Kier molecular flexibility index (Phi) is 8.18. The molecule has 1 saturated heterocycles. The highest BCUT2D eigenvalue weighted by atomic mass is 19.1. The second-order valence-corrected chi connectivity index (χ2v) is 9.41.